The predicted octanol–water partition coefficient (Wildman–Crippen LogP) is 2.52. The predicted molar refractivity (Wildman–Crippen MR) is 78.4 cm³/mol. The van der Waals surface area contributed by atoms with Crippen molar-refractivity contribution in [2.24, 2.45) is 5.73 Å². The second-order valence-corrected chi connectivity index (χ2v) is 4.71. The van der Waals surface area contributed by atoms with Crippen LogP contribution in [0.2, 0.25) is 0 Å². The minimum Gasteiger partial charge on any atom is -0.478 e. The van der Waals surface area contributed by atoms with Gasteiger partial charge < -0.3 is 15.9 Å². The summed E-state index contributed by atoms with van der Waals surface area (Å²) in [6.07, 6.45) is 0. The van der Waals surface area contributed by atoms with Gasteiger partial charge in [0.2, 0.25) is 0 Å². The second kappa shape index (κ2) is 5.76. The maximum absolute atomic E-state index is 11.5. The molecule has 108 valence electrons. The van der Waals surface area contributed by atoms with Gasteiger partial charge in [-0.05, 0) is 35.7 Å². The molecule has 0 heterocycles. The SMILES string of the molecule is Cc1cc(C(=O)O)c(-c2ccccc2CN)c(C(=O)O)c1. The Balaban J connectivity index is 2.88. The summed E-state index contributed by atoms with van der Waals surface area (Å²) in [7, 11) is 0. The van der Waals surface area contributed by atoms with E-state index in [0.717, 1.165) is 0 Å². The molecule has 0 aliphatic heterocycles. The molecule has 0 radical (unpaired) electrons. The fraction of sp³-hybridized carbons (Fsp3) is 0.125. The molecule has 21 heavy (non-hydrogen) atoms. The summed E-state index contributed by atoms with van der Waals surface area (Å²) in [6, 6.07) is 9.89. The molecule has 5 nitrogen and oxygen atoms in total. The van der Waals surface area contributed by atoms with Crippen LogP contribution < -0.4 is 5.73 Å². The summed E-state index contributed by atoms with van der Waals surface area (Å²) in [6.45, 7) is 1.86. The van der Waals surface area contributed by atoms with Crippen LogP contribution in [0.25, 0.3) is 11.1 Å². The van der Waals surface area contributed by atoms with Crippen LogP contribution in [0.5, 0.6) is 0 Å². The van der Waals surface area contributed by atoms with Gasteiger partial charge in [-0.1, -0.05) is 24.3 Å². The third-order valence-corrected chi connectivity index (χ3v) is 3.25. The molecule has 0 atom stereocenters. The molecule has 0 spiro atoms. The molecule has 0 aliphatic carbocycles. The minimum atomic E-state index is -1.16. The van der Waals surface area contributed by atoms with Gasteiger partial charge in [-0.15, -0.1) is 0 Å². The third kappa shape index (κ3) is 2.78. The summed E-state index contributed by atoms with van der Waals surface area (Å²) < 4.78 is 0. The molecule has 0 bridgehead atoms. The summed E-state index contributed by atoms with van der Waals surface area (Å²) in [5.74, 6) is -2.33. The quantitative estimate of drug-likeness (QED) is 0.801. The van der Waals surface area contributed by atoms with Crippen LogP contribution in [0.1, 0.15) is 31.8 Å². The van der Waals surface area contributed by atoms with Crippen LogP contribution >= 0.6 is 0 Å². The molecule has 0 amide bonds. The Morgan fingerprint density at radius 1 is 1.05 bits per heavy atom. The number of rotatable bonds is 4. The number of carbonyl (C=O) groups is 2. The molecule has 2 aromatic rings. The summed E-state index contributed by atoms with van der Waals surface area (Å²) >= 11 is 0. The number of benzene rings is 2. The summed E-state index contributed by atoms with van der Waals surface area (Å²) in [5, 5.41) is 18.8. The van der Waals surface area contributed by atoms with Gasteiger partial charge in [0.15, 0.2) is 0 Å². The number of nitrogens with two attached hydrogens (primary N) is 1. The first-order chi connectivity index (χ1) is 9.95. The molecule has 5 heteroatoms. The van der Waals surface area contributed by atoms with E-state index in [1.807, 2.05) is 0 Å². The van der Waals surface area contributed by atoms with E-state index in [4.69, 9.17) is 5.73 Å². The van der Waals surface area contributed by atoms with E-state index in [2.05, 4.69) is 0 Å². The highest BCUT2D eigenvalue weighted by Crippen LogP contribution is 2.32. The average Bonchev–Trinajstić information content (AvgIpc) is 2.46. The lowest BCUT2D eigenvalue weighted by Crippen LogP contribution is -2.10. The van der Waals surface area contributed by atoms with E-state index in [0.29, 0.717) is 16.7 Å². The van der Waals surface area contributed by atoms with Gasteiger partial charge in [-0.25, -0.2) is 9.59 Å². The van der Waals surface area contributed by atoms with Gasteiger partial charge in [-0.3, -0.25) is 0 Å². The highest BCUT2D eigenvalue weighted by atomic mass is 16.4. The monoisotopic (exact) mass is 285 g/mol. The molecule has 0 aliphatic rings. The molecule has 4 N–H and O–H groups in total. The lowest BCUT2D eigenvalue weighted by atomic mass is 9.89. The maximum atomic E-state index is 11.5. The highest BCUT2D eigenvalue weighted by Gasteiger charge is 2.22. The molecule has 2 aromatic carbocycles. The molecule has 0 aromatic heterocycles. The van der Waals surface area contributed by atoms with Crippen LogP contribution in [0.4, 0.5) is 0 Å². The Labute approximate surface area is 121 Å². The second-order valence-electron chi connectivity index (χ2n) is 4.71. The standard InChI is InChI=1S/C16H15NO4/c1-9-6-12(15(18)19)14(13(7-9)16(20)21)11-5-3-2-4-10(11)8-17/h2-7H,8,17H2,1H3,(H,18,19)(H,20,21). The van der Waals surface area contributed by atoms with Gasteiger partial charge in [-0.2, -0.15) is 0 Å². The van der Waals surface area contributed by atoms with Gasteiger partial charge >= 0.3 is 11.9 Å². The fourth-order valence-corrected chi connectivity index (χ4v) is 2.36. The molecular weight excluding hydrogens is 270 g/mol. The first-order valence-electron chi connectivity index (χ1n) is 6.35. The smallest absolute Gasteiger partial charge is 0.336 e. The first-order valence-corrected chi connectivity index (χ1v) is 6.35. The highest BCUT2D eigenvalue weighted by molar-refractivity contribution is 6.05. The fourth-order valence-electron chi connectivity index (χ4n) is 2.36. The van der Waals surface area contributed by atoms with E-state index in [9.17, 15) is 19.8 Å². The van der Waals surface area contributed by atoms with E-state index < -0.39 is 11.9 Å². The average molecular weight is 285 g/mol. The van der Waals surface area contributed by atoms with Crippen molar-refractivity contribution in [2.75, 3.05) is 0 Å². The van der Waals surface area contributed by atoms with E-state index in [-0.39, 0.29) is 23.2 Å². The van der Waals surface area contributed by atoms with E-state index >= 15 is 0 Å². The van der Waals surface area contributed by atoms with Gasteiger partial charge in [0.25, 0.3) is 0 Å². The molecular formula is C16H15NO4. The zero-order valence-electron chi connectivity index (χ0n) is 11.5. The summed E-state index contributed by atoms with van der Waals surface area (Å²) in [5.41, 5.74) is 7.62. The number of hydrogen-bond donors (Lipinski definition) is 3. The Hall–Kier alpha value is -2.66. The van der Waals surface area contributed by atoms with Gasteiger partial charge in [0.05, 0.1) is 11.1 Å². The van der Waals surface area contributed by atoms with Gasteiger partial charge in [0, 0.05) is 12.1 Å². The molecule has 2 rings (SSSR count). The van der Waals surface area contributed by atoms with Crippen LogP contribution in [-0.4, -0.2) is 22.2 Å². The Kier molecular flexibility index (Phi) is 4.05. The van der Waals surface area contributed by atoms with Crippen molar-refractivity contribution in [3.8, 4) is 11.1 Å². The van der Waals surface area contributed by atoms with Crippen LogP contribution in [0.15, 0.2) is 36.4 Å². The molecule has 0 fully saturated rings. The van der Waals surface area contributed by atoms with Crippen LogP contribution in [0, 0.1) is 6.92 Å². The lowest BCUT2D eigenvalue weighted by molar-refractivity contribution is 0.0696. The maximum Gasteiger partial charge on any atom is 0.336 e. The molecule has 0 saturated heterocycles. The molecule has 0 unspecified atom stereocenters. The van der Waals surface area contributed by atoms with Crippen molar-refractivity contribution in [2.45, 2.75) is 13.5 Å². The number of aryl methyl sites for hydroxylation is 1. The largest absolute Gasteiger partial charge is 0.478 e. The summed E-state index contributed by atoms with van der Waals surface area (Å²) in [4.78, 5) is 23.0. The zero-order chi connectivity index (χ0) is 15.6. The number of hydrogen-bond acceptors (Lipinski definition) is 3. The van der Waals surface area contributed by atoms with Crippen molar-refractivity contribution < 1.29 is 19.8 Å². The number of aromatic carboxylic acids is 2. The van der Waals surface area contributed by atoms with Gasteiger partial charge in [0.1, 0.15) is 0 Å². The van der Waals surface area contributed by atoms with Crippen LogP contribution in [0.3, 0.4) is 0 Å². The lowest BCUT2D eigenvalue weighted by Gasteiger charge is -2.14. The van der Waals surface area contributed by atoms with Crippen molar-refractivity contribution in [1.82, 2.24) is 0 Å². The van der Waals surface area contributed by atoms with E-state index in [1.54, 1.807) is 31.2 Å². The molecule has 0 saturated carbocycles. The topological polar surface area (TPSA) is 101 Å². The number of carboxylic acids is 2. The van der Waals surface area contributed by atoms with Crippen LogP contribution in [-0.2, 0) is 6.54 Å². The number of carboxylic acid groups (broad SMARTS) is 2. The van der Waals surface area contributed by atoms with Crippen molar-refractivity contribution in [3.63, 3.8) is 0 Å². The van der Waals surface area contributed by atoms with Crippen molar-refractivity contribution in [3.05, 3.63) is 58.7 Å². The van der Waals surface area contributed by atoms with Crippen molar-refractivity contribution in [1.29, 1.82) is 0 Å². The Morgan fingerprint density at radius 2 is 1.57 bits per heavy atom. The zero-order valence-corrected chi connectivity index (χ0v) is 11.5. The van der Waals surface area contributed by atoms with E-state index in [1.165, 1.54) is 12.1 Å². The normalized spacial score (nSPS) is 10.4. The minimum absolute atomic E-state index is 0.0340. The van der Waals surface area contributed by atoms with Crippen molar-refractivity contribution >= 4 is 11.9 Å². The third-order valence-electron chi connectivity index (χ3n) is 3.25. The Morgan fingerprint density at radius 3 is 2.05 bits per heavy atom. The Bertz CT molecular complexity index is 687. The first kappa shape index (κ1) is 14.7.